The second kappa shape index (κ2) is 3.41. The van der Waals surface area contributed by atoms with Gasteiger partial charge in [-0.2, -0.15) is 13.2 Å². The van der Waals surface area contributed by atoms with Crippen molar-refractivity contribution in [2.75, 3.05) is 0 Å². The van der Waals surface area contributed by atoms with Crippen LogP contribution in [-0.4, -0.2) is 9.55 Å². The van der Waals surface area contributed by atoms with Gasteiger partial charge >= 0.3 is 6.18 Å². The Morgan fingerprint density at radius 2 is 2.00 bits per heavy atom. The lowest BCUT2D eigenvalue weighted by Gasteiger charge is -2.06. The molecule has 0 unspecified atom stereocenters. The number of hydrogen-bond donors (Lipinski definition) is 0. The van der Waals surface area contributed by atoms with Crippen LogP contribution in [-0.2, 0) is 12.2 Å². The lowest BCUT2D eigenvalue weighted by atomic mass is 10.3. The SMILES string of the molecule is FC(F)(F)c1ccc2ccn(CCl)c2n1. The molecule has 0 radical (unpaired) electrons. The fraction of sp³-hybridized carbons (Fsp3) is 0.222. The molecule has 15 heavy (non-hydrogen) atoms. The van der Waals surface area contributed by atoms with E-state index in [-0.39, 0.29) is 11.7 Å². The van der Waals surface area contributed by atoms with Crippen molar-refractivity contribution < 1.29 is 13.2 Å². The molecule has 0 amide bonds. The first-order valence-corrected chi connectivity index (χ1v) is 4.65. The number of pyridine rings is 1. The summed E-state index contributed by atoms with van der Waals surface area (Å²) in [6.07, 6.45) is -2.82. The number of halogens is 4. The summed E-state index contributed by atoms with van der Waals surface area (Å²) in [5.74, 6) is 0. The van der Waals surface area contributed by atoms with Crippen LogP contribution in [0.4, 0.5) is 13.2 Å². The minimum atomic E-state index is -4.42. The molecule has 2 rings (SSSR count). The molecule has 2 nitrogen and oxygen atoms in total. The number of hydrogen-bond acceptors (Lipinski definition) is 1. The molecule has 6 heteroatoms. The van der Waals surface area contributed by atoms with Gasteiger partial charge in [-0.15, -0.1) is 11.6 Å². The summed E-state index contributed by atoms with van der Waals surface area (Å²) in [5, 5.41) is 0.642. The van der Waals surface area contributed by atoms with Crippen LogP contribution in [0.15, 0.2) is 24.4 Å². The van der Waals surface area contributed by atoms with Crippen molar-refractivity contribution in [3.63, 3.8) is 0 Å². The normalized spacial score (nSPS) is 12.3. The minimum Gasteiger partial charge on any atom is -0.318 e. The van der Waals surface area contributed by atoms with Crippen LogP contribution in [0.5, 0.6) is 0 Å². The molecule has 0 fully saturated rings. The number of alkyl halides is 4. The molecule has 0 bridgehead atoms. The van der Waals surface area contributed by atoms with Crippen molar-refractivity contribution in [1.29, 1.82) is 0 Å². The molecule has 0 aliphatic rings. The molecule has 0 N–H and O–H groups in total. The fourth-order valence-corrected chi connectivity index (χ4v) is 1.51. The Balaban J connectivity index is 2.63. The number of aromatic nitrogens is 2. The van der Waals surface area contributed by atoms with Gasteiger partial charge in [0.25, 0.3) is 0 Å². The van der Waals surface area contributed by atoms with Crippen molar-refractivity contribution in [2.45, 2.75) is 12.2 Å². The van der Waals surface area contributed by atoms with Crippen molar-refractivity contribution in [3.05, 3.63) is 30.1 Å². The van der Waals surface area contributed by atoms with Crippen LogP contribution in [0, 0.1) is 0 Å². The third-order valence-corrected chi connectivity index (χ3v) is 2.29. The van der Waals surface area contributed by atoms with Gasteiger partial charge in [-0.1, -0.05) is 0 Å². The van der Waals surface area contributed by atoms with Gasteiger partial charge in [-0.05, 0) is 18.2 Å². The first-order chi connectivity index (χ1) is 7.02. The lowest BCUT2D eigenvalue weighted by molar-refractivity contribution is -0.141. The molecular formula is C9H6ClF3N2. The monoisotopic (exact) mass is 234 g/mol. The molecule has 0 saturated heterocycles. The Bertz CT molecular complexity index is 490. The largest absolute Gasteiger partial charge is 0.433 e. The smallest absolute Gasteiger partial charge is 0.318 e. The lowest BCUT2D eigenvalue weighted by Crippen LogP contribution is -2.08. The zero-order valence-electron chi connectivity index (χ0n) is 7.42. The highest BCUT2D eigenvalue weighted by Crippen LogP contribution is 2.29. The Morgan fingerprint density at radius 1 is 1.27 bits per heavy atom. The van der Waals surface area contributed by atoms with E-state index in [0.717, 1.165) is 6.07 Å². The van der Waals surface area contributed by atoms with Gasteiger partial charge in [0.1, 0.15) is 11.3 Å². The van der Waals surface area contributed by atoms with Gasteiger partial charge < -0.3 is 4.57 Å². The van der Waals surface area contributed by atoms with Crippen LogP contribution in [0.3, 0.4) is 0 Å². The van der Waals surface area contributed by atoms with Crippen LogP contribution in [0.2, 0.25) is 0 Å². The topological polar surface area (TPSA) is 17.8 Å². The van der Waals surface area contributed by atoms with E-state index in [2.05, 4.69) is 4.98 Å². The average Bonchev–Trinajstić information content (AvgIpc) is 2.57. The highest BCUT2D eigenvalue weighted by atomic mass is 35.5. The predicted molar refractivity (Wildman–Crippen MR) is 50.6 cm³/mol. The fourth-order valence-electron chi connectivity index (χ4n) is 1.31. The van der Waals surface area contributed by atoms with Crippen LogP contribution < -0.4 is 0 Å². The summed E-state index contributed by atoms with van der Waals surface area (Å²) in [6.45, 7) is 0. The highest BCUT2D eigenvalue weighted by molar-refractivity contribution is 6.15. The Labute approximate surface area is 88.3 Å². The van der Waals surface area contributed by atoms with Gasteiger partial charge in [-0.3, -0.25) is 0 Å². The van der Waals surface area contributed by atoms with E-state index in [1.165, 1.54) is 10.6 Å². The average molecular weight is 235 g/mol. The highest BCUT2D eigenvalue weighted by Gasteiger charge is 2.32. The Kier molecular flexibility index (Phi) is 2.34. The second-order valence-corrected chi connectivity index (χ2v) is 3.25. The molecular weight excluding hydrogens is 229 g/mol. The summed E-state index contributed by atoms with van der Waals surface area (Å²) in [6, 6.07) is 4.10. The standard InChI is InChI=1S/C9H6ClF3N2/c10-5-15-4-3-6-1-2-7(9(11,12)13)14-8(6)15/h1-4H,5H2. The summed E-state index contributed by atoms with van der Waals surface area (Å²) in [4.78, 5) is 3.53. The first kappa shape index (κ1) is 10.3. The van der Waals surface area contributed by atoms with Crippen molar-refractivity contribution in [1.82, 2.24) is 9.55 Å². The zero-order valence-corrected chi connectivity index (χ0v) is 8.18. The minimum absolute atomic E-state index is 0.0812. The van der Waals surface area contributed by atoms with Crippen LogP contribution >= 0.6 is 11.6 Å². The zero-order chi connectivity index (χ0) is 11.1. The van der Waals surface area contributed by atoms with E-state index in [1.54, 1.807) is 12.3 Å². The number of fused-ring (bicyclic) bond motifs is 1. The third kappa shape index (κ3) is 1.79. The molecule has 0 atom stereocenters. The van der Waals surface area contributed by atoms with Crippen molar-refractivity contribution in [3.8, 4) is 0 Å². The summed E-state index contributed by atoms with van der Waals surface area (Å²) < 4.78 is 38.5. The molecule has 0 aliphatic carbocycles. The maximum Gasteiger partial charge on any atom is 0.433 e. The van der Waals surface area contributed by atoms with Gasteiger partial charge in [-0.25, -0.2) is 4.98 Å². The Morgan fingerprint density at radius 3 is 2.60 bits per heavy atom. The predicted octanol–water partition coefficient (Wildman–Crippen LogP) is 3.25. The van der Waals surface area contributed by atoms with Crippen LogP contribution in [0.1, 0.15) is 5.69 Å². The van der Waals surface area contributed by atoms with Gasteiger partial charge in [0.05, 0.1) is 6.00 Å². The molecule has 0 aromatic carbocycles. The maximum absolute atomic E-state index is 12.4. The van der Waals surface area contributed by atoms with Gasteiger partial charge in [0, 0.05) is 11.6 Å². The van der Waals surface area contributed by atoms with Crippen molar-refractivity contribution >= 4 is 22.6 Å². The maximum atomic E-state index is 12.4. The molecule has 0 aliphatic heterocycles. The molecule has 2 aromatic heterocycles. The van der Waals surface area contributed by atoms with E-state index < -0.39 is 11.9 Å². The molecule has 2 heterocycles. The summed E-state index contributed by atoms with van der Waals surface area (Å²) in [5.41, 5.74) is -0.653. The van der Waals surface area contributed by atoms with Crippen molar-refractivity contribution in [2.24, 2.45) is 0 Å². The Hall–Kier alpha value is -1.23. The van der Waals surface area contributed by atoms with Gasteiger partial charge in [0.2, 0.25) is 0 Å². The molecule has 2 aromatic rings. The van der Waals surface area contributed by atoms with E-state index in [1.807, 2.05) is 0 Å². The molecule has 80 valence electrons. The van der Waals surface area contributed by atoms with Crippen LogP contribution in [0.25, 0.3) is 11.0 Å². The number of rotatable bonds is 1. The van der Waals surface area contributed by atoms with E-state index in [0.29, 0.717) is 5.39 Å². The van der Waals surface area contributed by atoms with Gasteiger partial charge in [0.15, 0.2) is 0 Å². The molecule has 0 saturated carbocycles. The third-order valence-electron chi connectivity index (χ3n) is 2.03. The van der Waals surface area contributed by atoms with E-state index in [4.69, 9.17) is 11.6 Å². The summed E-state index contributed by atoms with van der Waals surface area (Å²) in [7, 11) is 0. The quantitative estimate of drug-likeness (QED) is 0.693. The second-order valence-electron chi connectivity index (χ2n) is 3.01. The van der Waals surface area contributed by atoms with E-state index >= 15 is 0 Å². The summed E-state index contributed by atoms with van der Waals surface area (Å²) >= 11 is 5.56. The van der Waals surface area contributed by atoms with E-state index in [9.17, 15) is 13.2 Å². The first-order valence-electron chi connectivity index (χ1n) is 4.11. The number of nitrogens with zero attached hydrogens (tertiary/aromatic N) is 2. The molecule has 0 spiro atoms.